The largest absolute Gasteiger partial charge is 0.373 e. The maximum absolute atomic E-state index is 12.6. The highest BCUT2D eigenvalue weighted by Gasteiger charge is 2.26. The van der Waals surface area contributed by atoms with Gasteiger partial charge in [-0.25, -0.2) is 8.78 Å². The Kier molecular flexibility index (Phi) is 4.07. The van der Waals surface area contributed by atoms with Gasteiger partial charge in [0, 0.05) is 18.1 Å². The van der Waals surface area contributed by atoms with Crippen LogP contribution in [0.2, 0.25) is 0 Å². The van der Waals surface area contributed by atoms with Gasteiger partial charge < -0.3 is 10.5 Å². The number of benzene rings is 1. The summed E-state index contributed by atoms with van der Waals surface area (Å²) in [7, 11) is 0. The van der Waals surface area contributed by atoms with Gasteiger partial charge in [-0.2, -0.15) is 0 Å². The third-order valence-corrected chi connectivity index (χ3v) is 3.24. The first-order valence-corrected chi connectivity index (χ1v) is 5.92. The van der Waals surface area contributed by atoms with Crippen LogP contribution in [0.3, 0.4) is 0 Å². The van der Waals surface area contributed by atoms with E-state index in [0.717, 1.165) is 18.4 Å². The van der Waals surface area contributed by atoms with E-state index in [0.29, 0.717) is 13.2 Å². The predicted molar refractivity (Wildman–Crippen MR) is 61.9 cm³/mol. The monoisotopic (exact) mass is 241 g/mol. The van der Waals surface area contributed by atoms with Crippen molar-refractivity contribution < 1.29 is 13.5 Å². The minimum atomic E-state index is -2.44. The van der Waals surface area contributed by atoms with Crippen molar-refractivity contribution in [3.8, 4) is 0 Å². The number of hydrogen-bond donors (Lipinski definition) is 1. The zero-order chi connectivity index (χ0) is 12.3. The predicted octanol–water partition coefficient (Wildman–Crippen LogP) is 3.05. The van der Waals surface area contributed by atoms with E-state index in [1.54, 1.807) is 6.07 Å². The zero-order valence-corrected chi connectivity index (χ0v) is 9.61. The quantitative estimate of drug-likeness (QED) is 0.882. The molecule has 2 unspecified atom stereocenters. The fourth-order valence-electron chi connectivity index (χ4n) is 2.32. The van der Waals surface area contributed by atoms with Crippen molar-refractivity contribution in [1.82, 2.24) is 0 Å². The number of hydrogen-bond acceptors (Lipinski definition) is 2. The van der Waals surface area contributed by atoms with Crippen LogP contribution in [0.1, 0.15) is 36.5 Å². The molecular weight excluding hydrogens is 224 g/mol. The van der Waals surface area contributed by atoms with Crippen molar-refractivity contribution in [3.05, 3.63) is 35.4 Å². The van der Waals surface area contributed by atoms with Gasteiger partial charge >= 0.3 is 0 Å². The van der Waals surface area contributed by atoms with Gasteiger partial charge in [0.25, 0.3) is 6.43 Å². The first-order chi connectivity index (χ1) is 8.22. The second-order valence-electron chi connectivity index (χ2n) is 4.40. The third-order valence-electron chi connectivity index (χ3n) is 3.24. The maximum Gasteiger partial charge on any atom is 0.263 e. The van der Waals surface area contributed by atoms with Crippen LogP contribution in [-0.2, 0) is 4.74 Å². The number of alkyl halides is 2. The van der Waals surface area contributed by atoms with E-state index >= 15 is 0 Å². The number of ether oxygens (including phenoxy) is 1. The summed E-state index contributed by atoms with van der Waals surface area (Å²) < 4.78 is 30.9. The minimum Gasteiger partial charge on any atom is -0.373 e. The van der Waals surface area contributed by atoms with Crippen molar-refractivity contribution in [2.75, 3.05) is 13.2 Å². The zero-order valence-electron chi connectivity index (χ0n) is 9.61. The van der Waals surface area contributed by atoms with Gasteiger partial charge in [0.15, 0.2) is 0 Å². The second-order valence-corrected chi connectivity index (χ2v) is 4.40. The van der Waals surface area contributed by atoms with Crippen molar-refractivity contribution in [3.63, 3.8) is 0 Å². The van der Waals surface area contributed by atoms with Crippen LogP contribution >= 0.6 is 0 Å². The molecule has 1 fully saturated rings. The molecule has 2 atom stereocenters. The number of rotatable bonds is 3. The Labute approximate surface area is 99.8 Å². The Hall–Kier alpha value is -1.00. The Bertz CT molecular complexity index is 370. The minimum absolute atomic E-state index is 0.0486. The highest BCUT2D eigenvalue weighted by molar-refractivity contribution is 5.26. The van der Waals surface area contributed by atoms with E-state index in [1.807, 2.05) is 6.07 Å². The van der Waals surface area contributed by atoms with E-state index in [9.17, 15) is 8.78 Å². The molecule has 0 bridgehead atoms. The first kappa shape index (κ1) is 12.5. The SMILES string of the molecule is NCC1CCCOC1c1cccc(C(F)F)c1. The van der Waals surface area contributed by atoms with E-state index in [4.69, 9.17) is 10.5 Å². The summed E-state index contributed by atoms with van der Waals surface area (Å²) in [6.45, 7) is 1.21. The molecule has 1 saturated heterocycles. The lowest BCUT2D eigenvalue weighted by molar-refractivity contribution is -0.0253. The Morgan fingerprint density at radius 2 is 2.24 bits per heavy atom. The third kappa shape index (κ3) is 2.82. The summed E-state index contributed by atoms with van der Waals surface area (Å²) >= 11 is 0. The number of nitrogens with two attached hydrogens (primary N) is 1. The van der Waals surface area contributed by atoms with Gasteiger partial charge in [0.2, 0.25) is 0 Å². The standard InChI is InChI=1S/C13H17F2NO/c14-13(15)10-4-1-3-9(7-10)12-11(8-16)5-2-6-17-12/h1,3-4,7,11-13H,2,5-6,8,16H2. The van der Waals surface area contributed by atoms with Crippen LogP contribution in [0.15, 0.2) is 24.3 Å². The average Bonchev–Trinajstić information content (AvgIpc) is 2.39. The number of halogens is 2. The molecule has 94 valence electrons. The lowest BCUT2D eigenvalue weighted by atomic mass is 9.89. The summed E-state index contributed by atoms with van der Waals surface area (Å²) in [6.07, 6.45) is -0.574. The van der Waals surface area contributed by atoms with E-state index < -0.39 is 6.43 Å². The van der Waals surface area contributed by atoms with E-state index in [-0.39, 0.29) is 17.6 Å². The first-order valence-electron chi connectivity index (χ1n) is 5.92. The van der Waals surface area contributed by atoms with Gasteiger partial charge in [-0.3, -0.25) is 0 Å². The normalized spacial score (nSPS) is 25.2. The van der Waals surface area contributed by atoms with Crippen molar-refractivity contribution >= 4 is 0 Å². The molecule has 0 radical (unpaired) electrons. The fourth-order valence-corrected chi connectivity index (χ4v) is 2.32. The molecule has 2 rings (SSSR count). The molecule has 0 amide bonds. The summed E-state index contributed by atoms with van der Waals surface area (Å²) in [4.78, 5) is 0. The van der Waals surface area contributed by atoms with Crippen LogP contribution in [0.4, 0.5) is 8.78 Å². The molecule has 1 aliphatic rings. The Balaban J connectivity index is 2.22. The lowest BCUT2D eigenvalue weighted by Crippen LogP contribution is -2.28. The molecule has 0 aromatic heterocycles. The Morgan fingerprint density at radius 3 is 2.94 bits per heavy atom. The van der Waals surface area contributed by atoms with Gasteiger partial charge in [0.05, 0.1) is 6.10 Å². The maximum atomic E-state index is 12.6. The highest BCUT2D eigenvalue weighted by atomic mass is 19.3. The van der Waals surface area contributed by atoms with Crippen LogP contribution in [0.5, 0.6) is 0 Å². The molecule has 17 heavy (non-hydrogen) atoms. The van der Waals surface area contributed by atoms with E-state index in [2.05, 4.69) is 0 Å². The molecule has 1 aromatic carbocycles. The molecule has 1 heterocycles. The summed E-state index contributed by atoms with van der Waals surface area (Å²) in [5.41, 5.74) is 6.57. The molecule has 0 spiro atoms. The Morgan fingerprint density at radius 1 is 1.41 bits per heavy atom. The van der Waals surface area contributed by atoms with Crippen LogP contribution in [0.25, 0.3) is 0 Å². The molecule has 0 saturated carbocycles. The van der Waals surface area contributed by atoms with Gasteiger partial charge in [0.1, 0.15) is 0 Å². The van der Waals surface area contributed by atoms with Crippen LogP contribution in [0, 0.1) is 5.92 Å². The second kappa shape index (κ2) is 5.56. The molecule has 1 aromatic rings. The molecular formula is C13H17F2NO. The van der Waals surface area contributed by atoms with Crippen LogP contribution in [-0.4, -0.2) is 13.2 Å². The molecule has 4 heteroatoms. The smallest absolute Gasteiger partial charge is 0.263 e. The molecule has 2 nitrogen and oxygen atoms in total. The highest BCUT2D eigenvalue weighted by Crippen LogP contribution is 2.34. The van der Waals surface area contributed by atoms with Gasteiger partial charge in [-0.15, -0.1) is 0 Å². The van der Waals surface area contributed by atoms with E-state index in [1.165, 1.54) is 12.1 Å². The molecule has 2 N–H and O–H groups in total. The lowest BCUT2D eigenvalue weighted by Gasteiger charge is -2.31. The summed E-state index contributed by atoms with van der Waals surface area (Å²) in [5, 5.41) is 0. The molecule has 0 aliphatic carbocycles. The van der Waals surface area contributed by atoms with Crippen LogP contribution < -0.4 is 5.73 Å². The summed E-state index contributed by atoms with van der Waals surface area (Å²) in [5.74, 6) is 0.233. The van der Waals surface area contributed by atoms with Crippen molar-refractivity contribution in [2.24, 2.45) is 11.7 Å². The average molecular weight is 241 g/mol. The van der Waals surface area contributed by atoms with Crippen molar-refractivity contribution in [2.45, 2.75) is 25.4 Å². The summed E-state index contributed by atoms with van der Waals surface area (Å²) in [6, 6.07) is 6.46. The fraction of sp³-hybridized carbons (Fsp3) is 0.538. The van der Waals surface area contributed by atoms with Crippen molar-refractivity contribution in [1.29, 1.82) is 0 Å². The molecule has 1 aliphatic heterocycles. The van der Waals surface area contributed by atoms with Gasteiger partial charge in [-0.05, 0) is 31.0 Å². The topological polar surface area (TPSA) is 35.2 Å². The van der Waals surface area contributed by atoms with Gasteiger partial charge in [-0.1, -0.05) is 18.2 Å².